The molecule has 8 N–H and O–H groups in total. The lowest BCUT2D eigenvalue weighted by molar-refractivity contribution is 0.0505. The second kappa shape index (κ2) is 30.3. The van der Waals surface area contributed by atoms with E-state index in [1.807, 2.05) is 14.2 Å². The molecule has 0 saturated heterocycles. The summed E-state index contributed by atoms with van der Waals surface area (Å²) in [6.07, 6.45) is -0.00634. The van der Waals surface area contributed by atoms with Crippen molar-refractivity contribution in [1.29, 1.82) is 0 Å². The maximum atomic E-state index is 14.2. The molecule has 0 aliphatic heterocycles. The maximum absolute atomic E-state index is 14.2. The number of aliphatic hydroxyl groups excluding tert-OH is 1. The molecule has 0 unspecified atom stereocenters. The number of carbonyl (C=O) groups is 3. The third-order valence-corrected chi connectivity index (χ3v) is 18.0. The van der Waals surface area contributed by atoms with Crippen LogP contribution in [-0.2, 0) is 46.2 Å². The summed E-state index contributed by atoms with van der Waals surface area (Å²) < 4.78 is 218. The molecule has 17 nitrogen and oxygen atoms in total. The van der Waals surface area contributed by atoms with Crippen molar-refractivity contribution in [3.05, 3.63) is 200 Å². The van der Waals surface area contributed by atoms with Gasteiger partial charge in [0.25, 0.3) is 30.1 Å². The van der Waals surface area contributed by atoms with Crippen LogP contribution in [-0.4, -0.2) is 61.8 Å². The molecule has 0 bridgehead atoms. The zero-order valence-corrected chi connectivity index (χ0v) is 47.0. The Morgan fingerprint density at radius 1 is 0.506 bits per heavy atom. The number of thiophene rings is 3. The minimum Gasteiger partial charge on any atom is -0.462 e. The van der Waals surface area contributed by atoms with E-state index in [1.54, 1.807) is 29.1 Å². The van der Waals surface area contributed by atoms with Gasteiger partial charge < -0.3 is 26.0 Å². The van der Waals surface area contributed by atoms with Crippen molar-refractivity contribution in [2.75, 3.05) is 38.8 Å². The number of nitrogens with two attached hydrogens (primary N) is 2. The molecular formula is C50H41F10N5O12S6. The molecule has 0 aliphatic rings. The number of nitrogens with one attached hydrogen (secondary N) is 3. The fraction of sp³-hybridized carbons (Fsp3) is 0.100. The lowest BCUT2D eigenvalue weighted by atomic mass is 10.1. The van der Waals surface area contributed by atoms with Crippen LogP contribution in [0.4, 0.5) is 72.3 Å². The summed E-state index contributed by atoms with van der Waals surface area (Å²) in [6.45, 7) is 2.15. The third-order valence-electron chi connectivity index (χ3n) is 9.74. The summed E-state index contributed by atoms with van der Waals surface area (Å²) in [7, 11) is -11.9. The van der Waals surface area contributed by atoms with E-state index in [0.717, 1.165) is 94.7 Å². The van der Waals surface area contributed by atoms with E-state index in [2.05, 4.69) is 9.47 Å². The van der Waals surface area contributed by atoms with Gasteiger partial charge in [-0.15, -0.1) is 34.0 Å². The van der Waals surface area contributed by atoms with Crippen molar-refractivity contribution in [2.45, 2.75) is 33.1 Å². The number of nitrogen functional groups attached to an aromatic ring is 2. The highest BCUT2D eigenvalue weighted by molar-refractivity contribution is 7.95. The first-order valence-corrected chi connectivity index (χ1v) is 29.6. The van der Waals surface area contributed by atoms with Crippen LogP contribution in [0.2, 0.25) is 0 Å². The van der Waals surface area contributed by atoms with Gasteiger partial charge in [-0.05, 0) is 109 Å². The second-order valence-corrected chi connectivity index (χ2v) is 23.9. The molecule has 0 spiro atoms. The standard InChI is InChI=1S/C13H11F2NO4S2.C11H9F2NO3S2.C11H7F2NO3S2.C9H9F2NO2.C6H5F2N/c1-2-20-13(17)11-8(14)5-6-9(12(11)15)16-22(18,19)10-4-3-7-21-10;2*12-8-3-4-9(11(13)7(8)6-15)14-19(16,17)10-2-1-5-18-10;1-2-14-9(13)7-5(10)3-4-6(12)8(7)11;7-4-1-2-6(9)5(8)3-4/h3-7,16H,2H2,1H3;1-5,14-15H,6H2;1-6,14H;3-4H,2,12H2,1H3;1-3H,9H2. The Balaban J connectivity index is 0.000000228. The number of carbonyl (C=O) groups excluding carboxylic acids is 3. The number of hydrogen-bond donors (Lipinski definition) is 6. The van der Waals surface area contributed by atoms with Gasteiger partial charge in [-0.25, -0.2) is 78.7 Å². The van der Waals surface area contributed by atoms with Crippen LogP contribution in [0.15, 0.2) is 132 Å². The van der Waals surface area contributed by atoms with Gasteiger partial charge in [-0.1, -0.05) is 18.2 Å². The Hall–Kier alpha value is -8.08. The molecule has 5 aromatic carbocycles. The van der Waals surface area contributed by atoms with Crippen LogP contribution in [0.1, 0.15) is 50.5 Å². The quantitative estimate of drug-likeness (QED) is 0.0241. The molecule has 8 rings (SSSR count). The zero-order chi connectivity index (χ0) is 62.0. The molecule has 33 heteroatoms. The van der Waals surface area contributed by atoms with Gasteiger partial charge >= 0.3 is 11.9 Å². The van der Waals surface area contributed by atoms with Crippen LogP contribution < -0.4 is 25.6 Å². The van der Waals surface area contributed by atoms with E-state index < -0.39 is 146 Å². The van der Waals surface area contributed by atoms with E-state index >= 15 is 0 Å². The first kappa shape index (κ1) is 67.4. The fourth-order valence-corrected chi connectivity index (χ4v) is 12.1. The van der Waals surface area contributed by atoms with Crippen molar-refractivity contribution < 1.29 is 98.1 Å². The highest BCUT2D eigenvalue weighted by atomic mass is 32.3. The van der Waals surface area contributed by atoms with Gasteiger partial charge in [0.15, 0.2) is 29.6 Å². The molecule has 444 valence electrons. The number of aldehydes is 1. The van der Waals surface area contributed by atoms with E-state index in [4.69, 9.17) is 16.6 Å². The summed E-state index contributed by atoms with van der Waals surface area (Å²) in [5, 5.41) is 13.5. The van der Waals surface area contributed by atoms with Crippen molar-refractivity contribution >= 4 is 111 Å². The minimum atomic E-state index is -4.01. The third kappa shape index (κ3) is 18.2. The monoisotopic (exact) mass is 1290 g/mol. The zero-order valence-electron chi connectivity index (χ0n) is 42.1. The summed E-state index contributed by atoms with van der Waals surface area (Å²) in [4.78, 5) is 33.2. The first-order chi connectivity index (χ1) is 39.0. The van der Waals surface area contributed by atoms with Crippen LogP contribution in [0.3, 0.4) is 0 Å². The number of hydrogen-bond acceptors (Lipinski definition) is 17. The number of aliphatic hydroxyl groups is 1. The molecule has 0 amide bonds. The van der Waals surface area contributed by atoms with Gasteiger partial charge in [-0.2, -0.15) is 0 Å². The lowest BCUT2D eigenvalue weighted by Crippen LogP contribution is -2.16. The number of ether oxygens (including phenoxy) is 2. The average molecular weight is 1290 g/mol. The lowest BCUT2D eigenvalue weighted by Gasteiger charge is -2.11. The molecule has 8 aromatic rings. The van der Waals surface area contributed by atoms with Crippen molar-refractivity contribution in [3.63, 3.8) is 0 Å². The average Bonchev–Trinajstić information content (AvgIpc) is 4.26. The summed E-state index contributed by atoms with van der Waals surface area (Å²) in [6, 6.07) is 18.9. The van der Waals surface area contributed by atoms with Crippen LogP contribution in [0.25, 0.3) is 0 Å². The van der Waals surface area contributed by atoms with E-state index in [1.165, 1.54) is 43.3 Å². The van der Waals surface area contributed by atoms with E-state index in [-0.39, 0.29) is 43.5 Å². The molecule has 0 radical (unpaired) electrons. The second-order valence-electron chi connectivity index (χ2n) is 15.3. The molecule has 3 heterocycles. The summed E-state index contributed by atoms with van der Waals surface area (Å²) >= 11 is 2.86. The number of benzene rings is 5. The Bertz CT molecular complexity index is 3900. The normalized spacial score (nSPS) is 10.9. The Kier molecular flexibility index (Phi) is 24.6. The van der Waals surface area contributed by atoms with Crippen LogP contribution in [0, 0.1) is 58.2 Å². The topological polar surface area (TPSA) is 280 Å². The number of rotatable bonds is 15. The number of halogens is 10. The van der Waals surface area contributed by atoms with E-state index in [9.17, 15) is 83.5 Å². The van der Waals surface area contributed by atoms with Crippen molar-refractivity contribution in [1.82, 2.24) is 0 Å². The predicted octanol–water partition coefficient (Wildman–Crippen LogP) is 11.2. The van der Waals surface area contributed by atoms with Crippen LogP contribution in [0.5, 0.6) is 0 Å². The van der Waals surface area contributed by atoms with Crippen LogP contribution >= 0.6 is 34.0 Å². The van der Waals surface area contributed by atoms with Crippen molar-refractivity contribution in [3.8, 4) is 0 Å². The number of sulfonamides is 3. The summed E-state index contributed by atoms with van der Waals surface area (Å²) in [5.74, 6) is -12.4. The Morgan fingerprint density at radius 2 is 0.892 bits per heavy atom. The predicted molar refractivity (Wildman–Crippen MR) is 289 cm³/mol. The molecule has 0 fully saturated rings. The van der Waals surface area contributed by atoms with Gasteiger partial charge in [0.2, 0.25) is 0 Å². The van der Waals surface area contributed by atoms with Gasteiger partial charge in [0.1, 0.15) is 58.7 Å². The molecule has 0 atom stereocenters. The molecule has 83 heavy (non-hydrogen) atoms. The summed E-state index contributed by atoms with van der Waals surface area (Å²) in [5.41, 5.74) is 5.43. The molecule has 0 aliphatic carbocycles. The first-order valence-electron chi connectivity index (χ1n) is 22.5. The molecular weight excluding hydrogens is 1240 g/mol. The minimum absolute atomic E-state index is 0.00634. The number of esters is 2. The smallest absolute Gasteiger partial charge is 0.344 e. The van der Waals surface area contributed by atoms with E-state index in [0.29, 0.717) is 0 Å². The van der Waals surface area contributed by atoms with Crippen molar-refractivity contribution in [2.24, 2.45) is 0 Å². The Labute approximate surface area is 477 Å². The van der Waals surface area contributed by atoms with Gasteiger partial charge in [0.05, 0.1) is 59.4 Å². The fourth-order valence-electron chi connectivity index (χ4n) is 5.89. The Morgan fingerprint density at radius 3 is 1.28 bits per heavy atom. The SMILES string of the molecule is CCOC(=O)c1c(F)ccc(N)c1F.CCOC(=O)c1c(F)ccc(NS(=O)(=O)c2cccs2)c1F.Nc1ccc(F)cc1F.O=Cc1c(F)ccc(NS(=O)(=O)c2cccs2)c1F.O=S(=O)(Nc1ccc(F)c(CO)c1F)c1cccs1. The van der Waals surface area contributed by atoms with Gasteiger partial charge in [-0.3, -0.25) is 19.0 Å². The molecule has 3 aromatic heterocycles. The highest BCUT2D eigenvalue weighted by Crippen LogP contribution is 2.29. The molecule has 0 saturated carbocycles. The highest BCUT2D eigenvalue weighted by Gasteiger charge is 2.26. The maximum Gasteiger partial charge on any atom is 0.344 e. The number of anilines is 5. The van der Waals surface area contributed by atoms with Gasteiger partial charge in [0, 0.05) is 6.07 Å². The largest absolute Gasteiger partial charge is 0.462 e.